The van der Waals surface area contributed by atoms with Gasteiger partial charge in [0.05, 0.1) is 0 Å². The summed E-state index contributed by atoms with van der Waals surface area (Å²) < 4.78 is 0. The molecule has 1 aromatic carbocycles. The van der Waals surface area contributed by atoms with Crippen molar-refractivity contribution in [1.29, 1.82) is 0 Å². The fourth-order valence-electron chi connectivity index (χ4n) is 0.385. The Balaban J connectivity index is -0.0000000480. The highest BCUT2D eigenvalue weighted by Crippen LogP contribution is 1.79. The van der Waals surface area contributed by atoms with E-state index in [1.54, 1.807) is 0 Å². The van der Waals surface area contributed by atoms with E-state index in [1.807, 2.05) is 36.4 Å². The van der Waals surface area contributed by atoms with Gasteiger partial charge in [-0.2, -0.15) is 0 Å². The first kappa shape index (κ1) is 22.4. The van der Waals surface area contributed by atoms with E-state index in [-0.39, 0.29) is 19.4 Å². The fraction of sp³-hybridized carbons (Fsp3) is 0. The summed E-state index contributed by atoms with van der Waals surface area (Å²) in [6.07, 6.45) is 16.0. The lowest BCUT2D eigenvalue weighted by Gasteiger charge is -1.69. The van der Waals surface area contributed by atoms with Crippen LogP contribution in [0.2, 0.25) is 0 Å². The van der Waals surface area contributed by atoms with Gasteiger partial charge in [-0.15, -0.1) is 25.7 Å². The van der Waals surface area contributed by atoms with Crippen LogP contribution in [0.1, 0.15) is 0 Å². The maximum atomic E-state index is 4.00. The molecule has 0 atom stereocenters. The van der Waals surface area contributed by atoms with Crippen LogP contribution in [0.5, 0.6) is 0 Å². The molecule has 61 valence electrons. The quantitative estimate of drug-likeness (QED) is 0.392. The van der Waals surface area contributed by atoms with Crippen molar-refractivity contribution in [3.8, 4) is 25.7 Å². The summed E-state index contributed by atoms with van der Waals surface area (Å²) in [6.45, 7) is 0. The summed E-state index contributed by atoms with van der Waals surface area (Å²) in [5.41, 5.74) is 0. The summed E-state index contributed by atoms with van der Waals surface area (Å²) >= 11 is 0. The van der Waals surface area contributed by atoms with Crippen LogP contribution in [-0.2, 0) is 0 Å². The topological polar surface area (TPSA) is 0 Å². The molecule has 1 aromatic rings. The number of hydrogen-bond acceptors (Lipinski definition) is 0. The summed E-state index contributed by atoms with van der Waals surface area (Å²) in [6, 6.07) is 12.0. The number of benzene rings is 1. The zero-order chi connectivity index (χ0) is 8.24. The second-order valence-electron chi connectivity index (χ2n) is 1.15. The van der Waals surface area contributed by atoms with Crippen molar-refractivity contribution in [2.75, 3.05) is 0 Å². The Hall–Kier alpha value is -1.38. The predicted molar refractivity (Wildman–Crippen MR) is 63.3 cm³/mol. The van der Waals surface area contributed by atoms with E-state index in [0.29, 0.717) is 0 Å². The van der Waals surface area contributed by atoms with Gasteiger partial charge in [-0.25, -0.2) is 0 Å². The Bertz CT molecular complexity index is 134. The average Bonchev–Trinajstić information content (AvgIpc) is 2.14. The molecule has 0 aliphatic rings. The zero-order valence-electron chi connectivity index (χ0n) is 6.35. The van der Waals surface area contributed by atoms with E-state index < -0.39 is 0 Å². The lowest BCUT2D eigenvalue weighted by molar-refractivity contribution is 1.72. The van der Waals surface area contributed by atoms with E-state index in [0.717, 1.165) is 0 Å². The molecule has 2 heteroatoms. The van der Waals surface area contributed by atoms with Gasteiger partial charge in [-0.1, -0.05) is 36.4 Å². The molecule has 12 heavy (non-hydrogen) atoms. The monoisotopic (exact) mass is 173 g/mol. The summed E-state index contributed by atoms with van der Waals surface area (Å²) in [5.74, 6) is 0. The Labute approximate surface area is 82.0 Å². The van der Waals surface area contributed by atoms with Gasteiger partial charge in [0.25, 0.3) is 0 Å². The van der Waals surface area contributed by atoms with Gasteiger partial charge < -0.3 is 0 Å². The van der Waals surface area contributed by atoms with E-state index in [1.165, 1.54) is 0 Å². The third kappa shape index (κ3) is 23.4. The summed E-state index contributed by atoms with van der Waals surface area (Å²) in [7, 11) is 0. The van der Waals surface area contributed by atoms with Crippen LogP contribution in [0.4, 0.5) is 0 Å². The Morgan fingerprint density at radius 2 is 0.583 bits per heavy atom. The molecule has 1 rings (SSSR count). The number of terminal acetylenes is 2. The first-order valence-corrected chi connectivity index (χ1v) is 2.67. The zero-order valence-corrected chi connectivity index (χ0v) is 6.35. The van der Waals surface area contributed by atoms with Crippen LogP contribution in [0.3, 0.4) is 0 Å². The first-order valence-electron chi connectivity index (χ1n) is 2.67. The molecule has 0 unspecified atom stereocenters. The molecule has 0 aromatic heterocycles. The molecule has 0 aliphatic heterocycles. The number of hydrogen-bond donors (Lipinski definition) is 0. The SMILES string of the molecule is C#C.C#C.[B].[SiH4].c1ccccc1. The van der Waals surface area contributed by atoms with Gasteiger partial charge in [-0.05, 0) is 11.0 Å². The van der Waals surface area contributed by atoms with Crippen LogP contribution in [0.15, 0.2) is 36.4 Å². The van der Waals surface area contributed by atoms with Crippen LogP contribution in [0, 0.1) is 25.7 Å². The molecule has 0 saturated heterocycles. The molecule has 0 N–H and O–H groups in total. The smallest absolute Gasteiger partial charge is 0 e. The van der Waals surface area contributed by atoms with Crippen molar-refractivity contribution in [1.82, 2.24) is 0 Å². The minimum Gasteiger partial charge on any atom is -0.124 e. The molecular weight excluding hydrogens is 159 g/mol. The maximum absolute atomic E-state index is 4.00. The van der Waals surface area contributed by atoms with E-state index in [9.17, 15) is 0 Å². The highest BCUT2D eigenvalue weighted by atomic mass is 28.1. The van der Waals surface area contributed by atoms with E-state index >= 15 is 0 Å². The van der Waals surface area contributed by atoms with E-state index in [4.69, 9.17) is 0 Å². The highest BCUT2D eigenvalue weighted by molar-refractivity contribution is 5.76. The molecule has 0 heterocycles. The third-order valence-corrected chi connectivity index (χ3v) is 0.667. The Kier molecular flexibility index (Phi) is 62.6. The normalized spacial score (nSPS) is 4.33. The molecule has 0 aliphatic carbocycles. The van der Waals surface area contributed by atoms with Crippen LogP contribution in [-0.4, -0.2) is 19.4 Å². The molecule has 0 nitrogen and oxygen atoms in total. The lowest BCUT2D eigenvalue weighted by Crippen LogP contribution is -1.47. The molecule has 3 radical (unpaired) electrons. The van der Waals surface area contributed by atoms with Crippen LogP contribution in [0.25, 0.3) is 0 Å². The van der Waals surface area contributed by atoms with Gasteiger partial charge in [0.2, 0.25) is 0 Å². The lowest BCUT2D eigenvalue weighted by atomic mass is 10.4. The van der Waals surface area contributed by atoms with Crippen molar-refractivity contribution in [2.45, 2.75) is 0 Å². The highest BCUT2D eigenvalue weighted by Gasteiger charge is 1.57. The first-order chi connectivity index (χ1) is 5.00. The van der Waals surface area contributed by atoms with Crippen molar-refractivity contribution < 1.29 is 0 Å². The van der Waals surface area contributed by atoms with Crippen molar-refractivity contribution in [3.05, 3.63) is 36.4 Å². The Morgan fingerprint density at radius 1 is 0.500 bits per heavy atom. The van der Waals surface area contributed by atoms with Gasteiger partial charge in [0.15, 0.2) is 0 Å². The molecular formula is C10H14BSi. The van der Waals surface area contributed by atoms with Gasteiger partial charge in [-0.3, -0.25) is 0 Å². The van der Waals surface area contributed by atoms with Crippen molar-refractivity contribution >= 4 is 19.4 Å². The predicted octanol–water partition coefficient (Wildman–Crippen LogP) is 0.353. The minimum atomic E-state index is 0. The molecule has 0 saturated carbocycles. The maximum Gasteiger partial charge on any atom is 0 e. The number of rotatable bonds is 0. The van der Waals surface area contributed by atoms with Crippen LogP contribution < -0.4 is 0 Å². The van der Waals surface area contributed by atoms with Crippen molar-refractivity contribution in [2.24, 2.45) is 0 Å². The minimum absolute atomic E-state index is 0. The van der Waals surface area contributed by atoms with Crippen molar-refractivity contribution in [3.63, 3.8) is 0 Å². The fourth-order valence-corrected chi connectivity index (χ4v) is 0.385. The molecule has 0 bridgehead atoms. The van der Waals surface area contributed by atoms with Gasteiger partial charge in [0.1, 0.15) is 0 Å². The third-order valence-electron chi connectivity index (χ3n) is 0.667. The van der Waals surface area contributed by atoms with Gasteiger partial charge >= 0.3 is 0 Å². The summed E-state index contributed by atoms with van der Waals surface area (Å²) in [5, 5.41) is 0. The van der Waals surface area contributed by atoms with Gasteiger partial charge in [0, 0.05) is 8.41 Å². The molecule has 0 spiro atoms. The van der Waals surface area contributed by atoms with E-state index in [2.05, 4.69) is 25.7 Å². The Morgan fingerprint density at radius 3 is 0.667 bits per heavy atom. The van der Waals surface area contributed by atoms with Crippen LogP contribution >= 0.6 is 0 Å². The molecule has 0 amide bonds. The largest absolute Gasteiger partial charge is 0.124 e. The summed E-state index contributed by atoms with van der Waals surface area (Å²) in [4.78, 5) is 0. The molecule has 0 fully saturated rings. The second-order valence-corrected chi connectivity index (χ2v) is 1.15. The standard InChI is InChI=1S/C6H6.2C2H2.B.H4Si/c1-2-4-6-5-3-1;2*1-2;;/h1-6H;2*1-2H;;1H4. The average molecular weight is 173 g/mol. The second kappa shape index (κ2) is 33.5.